The van der Waals surface area contributed by atoms with Gasteiger partial charge in [-0.3, -0.25) is 0 Å². The van der Waals surface area contributed by atoms with Crippen LogP contribution in [0.25, 0.3) is 0 Å². The van der Waals surface area contributed by atoms with Gasteiger partial charge in [0.05, 0.1) is 14.2 Å². The fourth-order valence-corrected chi connectivity index (χ4v) is 2.33. The fraction of sp³-hybridized carbons (Fsp3) is 0.467. The summed E-state index contributed by atoms with van der Waals surface area (Å²) < 4.78 is 16.1. The van der Waals surface area contributed by atoms with Crippen molar-refractivity contribution in [2.45, 2.75) is 32.4 Å². The van der Waals surface area contributed by atoms with Crippen LogP contribution in [0.2, 0.25) is 0 Å². The number of hydrogen-bond donors (Lipinski definition) is 2. The van der Waals surface area contributed by atoms with Crippen molar-refractivity contribution in [2.75, 3.05) is 14.2 Å². The van der Waals surface area contributed by atoms with Gasteiger partial charge in [0.25, 0.3) is 0 Å². The summed E-state index contributed by atoms with van der Waals surface area (Å²) in [5.74, 6) is -0.692. The van der Waals surface area contributed by atoms with Gasteiger partial charge < -0.3 is 24.6 Å². The second-order valence-corrected chi connectivity index (χ2v) is 6.56. The summed E-state index contributed by atoms with van der Waals surface area (Å²) in [6.07, 6.45) is -0.842. The van der Waals surface area contributed by atoms with E-state index in [1.54, 1.807) is 26.8 Å². The van der Waals surface area contributed by atoms with Crippen LogP contribution in [0.15, 0.2) is 16.6 Å². The third-order valence-electron chi connectivity index (χ3n) is 2.69. The van der Waals surface area contributed by atoms with E-state index in [0.29, 0.717) is 10.2 Å². The Morgan fingerprint density at radius 1 is 1.22 bits per heavy atom. The van der Waals surface area contributed by atoms with Crippen LogP contribution in [0, 0.1) is 0 Å². The van der Waals surface area contributed by atoms with Gasteiger partial charge in [-0.25, -0.2) is 9.59 Å². The molecule has 0 aromatic heterocycles. The van der Waals surface area contributed by atoms with E-state index >= 15 is 0 Å². The molecule has 0 aliphatic rings. The van der Waals surface area contributed by atoms with Crippen molar-refractivity contribution in [3.05, 3.63) is 22.2 Å². The molecule has 1 aromatic rings. The van der Waals surface area contributed by atoms with E-state index in [9.17, 15) is 14.7 Å². The maximum absolute atomic E-state index is 11.9. The summed E-state index contributed by atoms with van der Waals surface area (Å²) in [5, 5.41) is 11.8. The lowest BCUT2D eigenvalue weighted by Gasteiger charge is -2.23. The topological polar surface area (TPSA) is 94.1 Å². The predicted octanol–water partition coefficient (Wildman–Crippen LogP) is 3.12. The van der Waals surface area contributed by atoms with Crippen molar-refractivity contribution in [1.82, 2.24) is 5.32 Å². The van der Waals surface area contributed by atoms with Gasteiger partial charge in [-0.2, -0.15) is 0 Å². The number of nitrogens with one attached hydrogen (secondary N) is 1. The molecule has 7 nitrogen and oxygen atoms in total. The van der Waals surface area contributed by atoms with Gasteiger partial charge in [-0.15, -0.1) is 0 Å². The number of rotatable bonds is 5. The molecule has 0 fully saturated rings. The first-order chi connectivity index (χ1) is 10.6. The van der Waals surface area contributed by atoms with Crippen LogP contribution in [0.5, 0.6) is 11.5 Å². The number of methoxy groups -OCH3 is 2. The molecule has 0 aliphatic heterocycles. The summed E-state index contributed by atoms with van der Waals surface area (Å²) in [6, 6.07) is 1.82. The number of carboxylic acid groups (broad SMARTS) is 1. The Balaban J connectivity index is 3.23. The summed E-state index contributed by atoms with van der Waals surface area (Å²) in [7, 11) is 2.83. The van der Waals surface area contributed by atoms with Crippen molar-refractivity contribution >= 4 is 28.0 Å². The van der Waals surface area contributed by atoms with Crippen LogP contribution in [0.4, 0.5) is 4.79 Å². The first-order valence-electron chi connectivity index (χ1n) is 6.72. The average Bonchev–Trinajstić information content (AvgIpc) is 2.41. The molecule has 8 heteroatoms. The minimum absolute atomic E-state index is 0.221. The van der Waals surface area contributed by atoms with Crippen molar-refractivity contribution in [2.24, 2.45) is 0 Å². The molecule has 0 heterocycles. The highest BCUT2D eigenvalue weighted by Gasteiger charge is 2.29. The number of benzene rings is 1. The number of carbonyl (C=O) groups is 2. The van der Waals surface area contributed by atoms with Gasteiger partial charge in [0.1, 0.15) is 5.60 Å². The standard InChI is InChI=1S/C15H20BrNO6/c1-15(2,3)23-14(20)17-11(13(18)19)9-6-8(16)7-10(21-4)12(9)22-5/h6-7,11H,1-5H3,(H,17,20)(H,18,19)/t11-/m1/s1. The molecule has 23 heavy (non-hydrogen) atoms. The number of carbonyl (C=O) groups excluding carboxylic acids is 1. The predicted molar refractivity (Wildman–Crippen MR) is 87.0 cm³/mol. The Morgan fingerprint density at radius 2 is 1.83 bits per heavy atom. The van der Waals surface area contributed by atoms with Crippen LogP contribution in [-0.2, 0) is 9.53 Å². The molecule has 0 unspecified atom stereocenters. The van der Waals surface area contributed by atoms with Gasteiger partial charge in [0, 0.05) is 10.0 Å². The van der Waals surface area contributed by atoms with Crippen molar-refractivity contribution in [3.8, 4) is 11.5 Å². The summed E-state index contributed by atoms with van der Waals surface area (Å²) in [4.78, 5) is 23.5. The number of halogens is 1. The maximum atomic E-state index is 11.9. The molecule has 1 amide bonds. The van der Waals surface area contributed by atoms with Crippen LogP contribution >= 0.6 is 15.9 Å². The van der Waals surface area contributed by atoms with Gasteiger partial charge >= 0.3 is 12.1 Å². The summed E-state index contributed by atoms with van der Waals surface area (Å²) in [5.41, 5.74) is -0.510. The SMILES string of the molecule is COc1cc(Br)cc([C@@H](NC(=O)OC(C)(C)C)C(=O)O)c1OC. The molecule has 0 bridgehead atoms. The third kappa shape index (κ3) is 5.31. The maximum Gasteiger partial charge on any atom is 0.408 e. The quantitative estimate of drug-likeness (QED) is 0.803. The molecule has 1 rings (SSSR count). The van der Waals surface area contributed by atoms with E-state index in [4.69, 9.17) is 14.2 Å². The minimum Gasteiger partial charge on any atom is -0.493 e. The average molecular weight is 390 g/mol. The van der Waals surface area contributed by atoms with E-state index in [1.165, 1.54) is 20.3 Å². The molecular formula is C15H20BrNO6. The summed E-state index contributed by atoms with van der Waals surface area (Å²) >= 11 is 3.28. The highest BCUT2D eigenvalue weighted by molar-refractivity contribution is 9.10. The zero-order valence-corrected chi connectivity index (χ0v) is 15.2. The summed E-state index contributed by atoms with van der Waals surface area (Å²) in [6.45, 7) is 5.06. The normalized spacial score (nSPS) is 12.3. The largest absolute Gasteiger partial charge is 0.493 e. The monoisotopic (exact) mass is 389 g/mol. The highest BCUT2D eigenvalue weighted by atomic mass is 79.9. The smallest absolute Gasteiger partial charge is 0.408 e. The van der Waals surface area contributed by atoms with Crippen molar-refractivity contribution < 1.29 is 28.9 Å². The molecule has 1 aromatic carbocycles. The molecule has 128 valence electrons. The molecule has 0 saturated carbocycles. The Labute approximate surface area is 143 Å². The van der Waals surface area contributed by atoms with Gasteiger partial charge in [-0.1, -0.05) is 15.9 Å². The molecule has 2 N–H and O–H groups in total. The zero-order chi connectivity index (χ0) is 17.8. The van der Waals surface area contributed by atoms with Gasteiger partial charge in [0.15, 0.2) is 17.5 Å². The Kier molecular flexibility index (Phi) is 6.26. The number of ether oxygens (including phenoxy) is 3. The van der Waals surface area contributed by atoms with Crippen molar-refractivity contribution in [1.29, 1.82) is 0 Å². The van der Waals surface area contributed by atoms with Crippen LogP contribution in [-0.4, -0.2) is 37.0 Å². The number of amides is 1. The first kappa shape index (κ1) is 19.1. The number of carboxylic acids is 1. The van der Waals surface area contributed by atoms with E-state index < -0.39 is 23.7 Å². The van der Waals surface area contributed by atoms with Crippen molar-refractivity contribution in [3.63, 3.8) is 0 Å². The Morgan fingerprint density at radius 3 is 2.26 bits per heavy atom. The van der Waals surface area contributed by atoms with Crippen LogP contribution < -0.4 is 14.8 Å². The van der Waals surface area contributed by atoms with Gasteiger partial charge in [0.2, 0.25) is 0 Å². The number of hydrogen-bond acceptors (Lipinski definition) is 5. The minimum atomic E-state index is -1.36. The number of aliphatic carboxylic acids is 1. The first-order valence-corrected chi connectivity index (χ1v) is 7.52. The second kappa shape index (κ2) is 7.54. The van der Waals surface area contributed by atoms with E-state index in [-0.39, 0.29) is 11.3 Å². The molecule has 0 aliphatic carbocycles. The molecule has 0 spiro atoms. The fourth-order valence-electron chi connectivity index (χ4n) is 1.87. The third-order valence-corrected chi connectivity index (χ3v) is 3.15. The zero-order valence-electron chi connectivity index (χ0n) is 13.6. The molecule has 0 saturated heterocycles. The number of alkyl carbamates (subject to hydrolysis) is 1. The molecule has 1 atom stereocenters. The van der Waals surface area contributed by atoms with E-state index in [0.717, 1.165) is 0 Å². The Bertz CT molecular complexity index is 596. The second-order valence-electron chi connectivity index (χ2n) is 5.65. The van der Waals surface area contributed by atoms with Crippen LogP contribution in [0.1, 0.15) is 32.4 Å². The lowest BCUT2D eigenvalue weighted by Crippen LogP contribution is -2.38. The highest BCUT2D eigenvalue weighted by Crippen LogP contribution is 2.38. The van der Waals surface area contributed by atoms with Crippen LogP contribution in [0.3, 0.4) is 0 Å². The molecule has 0 radical (unpaired) electrons. The van der Waals surface area contributed by atoms with E-state index in [2.05, 4.69) is 21.2 Å². The molecular weight excluding hydrogens is 370 g/mol. The Hall–Kier alpha value is -1.96. The van der Waals surface area contributed by atoms with Gasteiger partial charge in [-0.05, 0) is 32.9 Å². The lowest BCUT2D eigenvalue weighted by molar-refractivity contribution is -0.139. The lowest BCUT2D eigenvalue weighted by atomic mass is 10.1. The van der Waals surface area contributed by atoms with E-state index in [1.807, 2.05) is 0 Å².